The molecule has 0 aliphatic heterocycles. The number of hydrogen-bond acceptors (Lipinski definition) is 5. The number of Topliss-reactive ketones (excluding diaryl/α,β-unsaturated/α-hetero) is 1. The highest BCUT2D eigenvalue weighted by atomic mass is 79.9. The third-order valence-corrected chi connectivity index (χ3v) is 5.02. The molecule has 6 nitrogen and oxygen atoms in total. The molecule has 1 aliphatic rings. The fourth-order valence-electron chi connectivity index (χ4n) is 3.29. The van der Waals surface area contributed by atoms with Gasteiger partial charge in [0.05, 0.1) is 10.4 Å². The largest absolute Gasteiger partial charge is 0.349 e. The molecule has 1 heterocycles. The molecular formula is C19H14BrN3O3. The third-order valence-electron chi connectivity index (χ3n) is 4.53. The molecule has 0 radical (unpaired) electrons. The lowest BCUT2D eigenvalue weighted by Crippen LogP contribution is -2.11. The number of nitrogens with one attached hydrogen (secondary N) is 1. The molecule has 4 rings (SSSR count). The summed E-state index contributed by atoms with van der Waals surface area (Å²) in [5.41, 5.74) is 3.41. The van der Waals surface area contributed by atoms with Crippen LogP contribution in [0.25, 0.3) is 10.9 Å². The second-order valence-electron chi connectivity index (χ2n) is 6.21. The number of aromatic nitrogens is 1. The van der Waals surface area contributed by atoms with Gasteiger partial charge in [-0.15, -0.1) is 0 Å². The Hall–Kier alpha value is -2.80. The van der Waals surface area contributed by atoms with E-state index in [1.165, 1.54) is 6.20 Å². The summed E-state index contributed by atoms with van der Waals surface area (Å²) in [7, 11) is 0. The van der Waals surface area contributed by atoms with Gasteiger partial charge in [0, 0.05) is 27.5 Å². The maximum absolute atomic E-state index is 12.0. The number of nitro groups is 1. The number of nitrogens with zero attached hydrogens (tertiary/aromatic N) is 2. The van der Waals surface area contributed by atoms with Crippen molar-refractivity contribution < 1.29 is 9.72 Å². The molecule has 130 valence electrons. The lowest BCUT2D eigenvalue weighted by molar-refractivity contribution is -0.384. The van der Waals surface area contributed by atoms with Crippen molar-refractivity contribution in [1.29, 1.82) is 0 Å². The first-order valence-corrected chi connectivity index (χ1v) is 8.98. The zero-order valence-corrected chi connectivity index (χ0v) is 15.2. The predicted octanol–water partition coefficient (Wildman–Crippen LogP) is 5.17. The molecule has 2 aromatic carbocycles. The van der Waals surface area contributed by atoms with Crippen molar-refractivity contribution >= 4 is 49.7 Å². The monoisotopic (exact) mass is 411 g/mol. The van der Waals surface area contributed by atoms with Gasteiger partial charge in [0.2, 0.25) is 0 Å². The van der Waals surface area contributed by atoms with Crippen molar-refractivity contribution in [3.8, 4) is 0 Å². The van der Waals surface area contributed by atoms with Crippen LogP contribution in [-0.4, -0.2) is 15.7 Å². The Labute approximate surface area is 157 Å². The maximum atomic E-state index is 12.0. The number of halogens is 1. The minimum absolute atomic E-state index is 0.0932. The molecule has 0 spiro atoms. The quantitative estimate of drug-likeness (QED) is 0.474. The number of aryl methyl sites for hydroxylation is 1. The number of ketones is 1. The van der Waals surface area contributed by atoms with Crippen LogP contribution in [0.1, 0.15) is 28.8 Å². The van der Waals surface area contributed by atoms with Crippen LogP contribution in [0.5, 0.6) is 0 Å². The first kappa shape index (κ1) is 16.7. The Kier molecular flexibility index (Phi) is 4.16. The summed E-state index contributed by atoms with van der Waals surface area (Å²) in [4.78, 5) is 27.2. The van der Waals surface area contributed by atoms with Gasteiger partial charge in [-0.25, -0.2) is 4.98 Å². The van der Waals surface area contributed by atoms with Crippen LogP contribution in [0, 0.1) is 10.1 Å². The molecule has 0 fully saturated rings. The lowest BCUT2D eigenvalue weighted by Gasteiger charge is -2.17. The van der Waals surface area contributed by atoms with E-state index in [4.69, 9.17) is 0 Å². The lowest BCUT2D eigenvalue weighted by atomic mass is 9.90. The zero-order valence-electron chi connectivity index (χ0n) is 13.7. The fourth-order valence-corrected chi connectivity index (χ4v) is 3.65. The van der Waals surface area contributed by atoms with Crippen LogP contribution in [0.2, 0.25) is 0 Å². The standard InChI is InChI=1S/C19H14BrN3O3/c20-12-4-7-16-15(9-12)19(17(10-21-16)23(25)26)22-13-5-6-14-11(8-13)2-1-3-18(14)24/h4-10H,1-3H2,(H,21,22). The molecule has 0 amide bonds. The average molecular weight is 412 g/mol. The summed E-state index contributed by atoms with van der Waals surface area (Å²) in [5.74, 6) is 0.155. The maximum Gasteiger partial charge on any atom is 0.311 e. The minimum Gasteiger partial charge on any atom is -0.349 e. The SMILES string of the molecule is O=C1CCCc2cc(Nc3c([N+](=O)[O-])cnc4ccc(Br)cc34)ccc21. The van der Waals surface area contributed by atoms with Crippen LogP contribution >= 0.6 is 15.9 Å². The highest BCUT2D eigenvalue weighted by Gasteiger charge is 2.21. The molecule has 26 heavy (non-hydrogen) atoms. The number of carbonyl (C=O) groups is 1. The third kappa shape index (κ3) is 2.94. The Balaban J connectivity index is 1.84. The van der Waals surface area contributed by atoms with Crippen LogP contribution in [0.3, 0.4) is 0 Å². The second-order valence-corrected chi connectivity index (χ2v) is 7.13. The molecule has 1 aromatic heterocycles. The van der Waals surface area contributed by atoms with E-state index in [1.807, 2.05) is 12.1 Å². The van der Waals surface area contributed by atoms with Crippen LogP contribution in [0.4, 0.5) is 17.1 Å². The summed E-state index contributed by atoms with van der Waals surface area (Å²) in [6.45, 7) is 0. The minimum atomic E-state index is -0.447. The number of benzene rings is 2. The van der Waals surface area contributed by atoms with E-state index in [0.29, 0.717) is 28.7 Å². The molecule has 7 heteroatoms. The normalized spacial score (nSPS) is 13.5. The van der Waals surface area contributed by atoms with Crippen LogP contribution < -0.4 is 5.32 Å². The van der Waals surface area contributed by atoms with Gasteiger partial charge in [0.25, 0.3) is 0 Å². The van der Waals surface area contributed by atoms with Crippen molar-refractivity contribution in [3.05, 3.63) is 68.3 Å². The fraction of sp³-hybridized carbons (Fsp3) is 0.158. The summed E-state index contributed by atoms with van der Waals surface area (Å²) in [5, 5.41) is 15.3. The smallest absolute Gasteiger partial charge is 0.311 e. The summed E-state index contributed by atoms with van der Waals surface area (Å²) >= 11 is 3.41. The molecule has 0 bridgehead atoms. The average Bonchev–Trinajstić information content (AvgIpc) is 2.62. The molecule has 1 N–H and O–H groups in total. The van der Waals surface area contributed by atoms with Crippen LogP contribution in [-0.2, 0) is 6.42 Å². The highest BCUT2D eigenvalue weighted by molar-refractivity contribution is 9.10. The van der Waals surface area contributed by atoms with Gasteiger partial charge in [-0.1, -0.05) is 15.9 Å². The molecule has 1 aliphatic carbocycles. The van der Waals surface area contributed by atoms with E-state index in [0.717, 1.165) is 28.4 Å². The van der Waals surface area contributed by atoms with E-state index < -0.39 is 4.92 Å². The Morgan fingerprint density at radius 2 is 2.00 bits per heavy atom. The summed E-state index contributed by atoms with van der Waals surface area (Å²) in [6, 6.07) is 10.9. The molecular weight excluding hydrogens is 398 g/mol. The van der Waals surface area contributed by atoms with E-state index in [1.54, 1.807) is 24.3 Å². The van der Waals surface area contributed by atoms with Gasteiger partial charge in [0.15, 0.2) is 5.78 Å². The van der Waals surface area contributed by atoms with Gasteiger partial charge in [-0.3, -0.25) is 14.9 Å². The topological polar surface area (TPSA) is 85.1 Å². The molecule has 0 saturated carbocycles. The van der Waals surface area contributed by atoms with Crippen molar-refractivity contribution in [1.82, 2.24) is 4.98 Å². The zero-order chi connectivity index (χ0) is 18.3. The van der Waals surface area contributed by atoms with Crippen molar-refractivity contribution in [3.63, 3.8) is 0 Å². The Bertz CT molecular complexity index is 1070. The van der Waals surface area contributed by atoms with Gasteiger partial charge >= 0.3 is 5.69 Å². The first-order valence-electron chi connectivity index (χ1n) is 8.19. The molecule has 0 atom stereocenters. The van der Waals surface area contributed by atoms with Crippen LogP contribution in [0.15, 0.2) is 47.1 Å². The molecule has 3 aromatic rings. The van der Waals surface area contributed by atoms with E-state index in [-0.39, 0.29) is 11.5 Å². The molecule has 0 unspecified atom stereocenters. The van der Waals surface area contributed by atoms with Crippen molar-refractivity contribution in [2.24, 2.45) is 0 Å². The number of pyridine rings is 1. The van der Waals surface area contributed by atoms with E-state index >= 15 is 0 Å². The van der Waals surface area contributed by atoms with E-state index in [9.17, 15) is 14.9 Å². The first-order chi connectivity index (χ1) is 12.5. The highest BCUT2D eigenvalue weighted by Crippen LogP contribution is 2.36. The predicted molar refractivity (Wildman–Crippen MR) is 103 cm³/mol. The van der Waals surface area contributed by atoms with E-state index in [2.05, 4.69) is 26.2 Å². The number of hydrogen-bond donors (Lipinski definition) is 1. The summed E-state index contributed by atoms with van der Waals surface area (Å²) in [6.07, 6.45) is 3.51. The number of rotatable bonds is 3. The Morgan fingerprint density at radius 3 is 2.81 bits per heavy atom. The summed E-state index contributed by atoms with van der Waals surface area (Å²) < 4.78 is 0.811. The van der Waals surface area contributed by atoms with Crippen molar-refractivity contribution in [2.75, 3.05) is 5.32 Å². The van der Waals surface area contributed by atoms with Gasteiger partial charge in [-0.05, 0) is 54.8 Å². The van der Waals surface area contributed by atoms with Gasteiger partial charge in [0.1, 0.15) is 11.9 Å². The number of carbonyl (C=O) groups excluding carboxylic acids is 1. The number of anilines is 2. The molecule has 0 saturated heterocycles. The second kappa shape index (κ2) is 6.49. The van der Waals surface area contributed by atoms with Gasteiger partial charge < -0.3 is 5.32 Å². The van der Waals surface area contributed by atoms with Gasteiger partial charge in [-0.2, -0.15) is 0 Å². The Morgan fingerprint density at radius 1 is 1.15 bits per heavy atom. The number of fused-ring (bicyclic) bond motifs is 2. The van der Waals surface area contributed by atoms with Crippen molar-refractivity contribution in [2.45, 2.75) is 19.3 Å².